The second kappa shape index (κ2) is 7.58. The van der Waals surface area contributed by atoms with E-state index in [4.69, 9.17) is 16.3 Å². The van der Waals surface area contributed by atoms with Gasteiger partial charge in [-0.05, 0) is 24.6 Å². The molecule has 0 spiro atoms. The van der Waals surface area contributed by atoms with Crippen molar-refractivity contribution in [3.63, 3.8) is 0 Å². The molecule has 0 fully saturated rings. The number of benzene rings is 2. The number of nitro groups is 2. The monoisotopic (exact) mass is 365 g/mol. The number of ether oxygens (including phenoxy) is 1. The molecule has 0 aromatic heterocycles. The number of aryl methyl sites for hydroxylation is 1. The molecule has 0 unspecified atom stereocenters. The fourth-order valence-electron chi connectivity index (χ4n) is 1.95. The van der Waals surface area contributed by atoms with Gasteiger partial charge >= 0.3 is 0 Å². The van der Waals surface area contributed by atoms with Crippen LogP contribution in [0.1, 0.15) is 5.56 Å². The Kier molecular flexibility index (Phi) is 5.50. The van der Waals surface area contributed by atoms with Crippen LogP contribution in [0.15, 0.2) is 36.4 Å². The summed E-state index contributed by atoms with van der Waals surface area (Å²) < 4.78 is 5.23. The molecule has 130 valence electrons. The number of anilines is 1. The summed E-state index contributed by atoms with van der Waals surface area (Å²) in [5.41, 5.74) is 0.664. The Bertz CT molecular complexity index is 855. The SMILES string of the molecule is Cc1cc([N+](=O)[O-])ccc1NC(=O)COc1ccc([N+](=O)[O-])cc1Cl. The van der Waals surface area contributed by atoms with Gasteiger partial charge in [0.1, 0.15) is 5.75 Å². The number of non-ortho nitro benzene ring substituents is 2. The van der Waals surface area contributed by atoms with Gasteiger partial charge < -0.3 is 10.1 Å². The van der Waals surface area contributed by atoms with E-state index in [9.17, 15) is 25.0 Å². The highest BCUT2D eigenvalue weighted by Gasteiger charge is 2.13. The molecular formula is C15H12ClN3O6. The lowest BCUT2D eigenvalue weighted by Gasteiger charge is -2.10. The highest BCUT2D eigenvalue weighted by molar-refractivity contribution is 6.32. The van der Waals surface area contributed by atoms with Crippen LogP contribution in [-0.4, -0.2) is 22.4 Å². The van der Waals surface area contributed by atoms with E-state index in [1.54, 1.807) is 6.92 Å². The van der Waals surface area contributed by atoms with Crippen molar-refractivity contribution in [2.75, 3.05) is 11.9 Å². The van der Waals surface area contributed by atoms with Crippen molar-refractivity contribution >= 4 is 34.6 Å². The zero-order valence-corrected chi connectivity index (χ0v) is 13.6. The number of halogens is 1. The lowest BCUT2D eigenvalue weighted by Crippen LogP contribution is -2.20. The quantitative estimate of drug-likeness (QED) is 0.617. The normalized spacial score (nSPS) is 10.2. The van der Waals surface area contributed by atoms with Gasteiger partial charge in [-0.25, -0.2) is 0 Å². The predicted octanol–water partition coefficient (Wildman–Crippen LogP) is 3.48. The van der Waals surface area contributed by atoms with Crippen LogP contribution in [0.3, 0.4) is 0 Å². The van der Waals surface area contributed by atoms with E-state index < -0.39 is 15.8 Å². The maximum absolute atomic E-state index is 11.9. The lowest BCUT2D eigenvalue weighted by molar-refractivity contribution is -0.385. The number of nitrogens with one attached hydrogen (secondary N) is 1. The molecule has 0 saturated carbocycles. The molecule has 0 atom stereocenters. The first-order chi connectivity index (χ1) is 11.8. The number of rotatable bonds is 6. The van der Waals surface area contributed by atoms with Crippen molar-refractivity contribution in [3.8, 4) is 5.75 Å². The molecule has 0 radical (unpaired) electrons. The molecule has 25 heavy (non-hydrogen) atoms. The van der Waals surface area contributed by atoms with Crippen molar-refractivity contribution in [2.45, 2.75) is 6.92 Å². The summed E-state index contributed by atoms with van der Waals surface area (Å²) in [5.74, 6) is -0.380. The van der Waals surface area contributed by atoms with Crippen molar-refractivity contribution in [2.24, 2.45) is 0 Å². The number of carbonyl (C=O) groups excluding carboxylic acids is 1. The third kappa shape index (κ3) is 4.64. The molecular weight excluding hydrogens is 354 g/mol. The van der Waals surface area contributed by atoms with Crippen LogP contribution in [-0.2, 0) is 4.79 Å². The topological polar surface area (TPSA) is 125 Å². The van der Waals surface area contributed by atoms with Gasteiger partial charge in [-0.1, -0.05) is 11.6 Å². The first kappa shape index (κ1) is 18.1. The maximum atomic E-state index is 11.9. The minimum atomic E-state index is -0.597. The molecule has 0 aliphatic rings. The summed E-state index contributed by atoms with van der Waals surface area (Å²) in [6, 6.07) is 7.66. The molecule has 1 N–H and O–H groups in total. The minimum Gasteiger partial charge on any atom is -0.482 e. The van der Waals surface area contributed by atoms with Crippen molar-refractivity contribution in [1.82, 2.24) is 0 Å². The van der Waals surface area contributed by atoms with Crippen molar-refractivity contribution < 1.29 is 19.4 Å². The van der Waals surface area contributed by atoms with E-state index in [2.05, 4.69) is 5.32 Å². The van der Waals surface area contributed by atoms with Crippen molar-refractivity contribution in [1.29, 1.82) is 0 Å². The molecule has 2 rings (SSSR count). The molecule has 9 nitrogen and oxygen atoms in total. The molecule has 0 bridgehead atoms. The van der Waals surface area contributed by atoms with E-state index in [0.717, 1.165) is 6.07 Å². The molecule has 0 heterocycles. The van der Waals surface area contributed by atoms with Crippen LogP contribution in [0.2, 0.25) is 5.02 Å². The van der Waals surface area contributed by atoms with Gasteiger partial charge in [-0.2, -0.15) is 0 Å². The number of amides is 1. The first-order valence-corrected chi connectivity index (χ1v) is 7.27. The highest BCUT2D eigenvalue weighted by atomic mass is 35.5. The number of nitro benzene ring substituents is 2. The summed E-state index contributed by atoms with van der Waals surface area (Å²) in [4.78, 5) is 32.1. The average Bonchev–Trinajstić information content (AvgIpc) is 2.55. The number of carbonyl (C=O) groups is 1. The Hall–Kier alpha value is -3.20. The summed E-state index contributed by atoms with van der Waals surface area (Å²) in [6.45, 7) is 1.24. The smallest absolute Gasteiger partial charge is 0.271 e. The van der Waals surface area contributed by atoms with Gasteiger partial charge in [0.15, 0.2) is 6.61 Å². The van der Waals surface area contributed by atoms with Crippen LogP contribution in [0.4, 0.5) is 17.1 Å². The van der Waals surface area contributed by atoms with Crippen LogP contribution in [0, 0.1) is 27.2 Å². The Balaban J connectivity index is 1.99. The fraction of sp³-hybridized carbons (Fsp3) is 0.133. The molecule has 2 aromatic rings. The van der Waals surface area contributed by atoms with E-state index in [1.807, 2.05) is 0 Å². The standard InChI is InChI=1S/C15H12ClN3O6/c1-9-6-10(18(21)22)2-4-13(9)17-15(20)8-25-14-5-3-11(19(23)24)7-12(14)16/h2-7H,8H2,1H3,(H,17,20). The minimum absolute atomic E-state index is 0.00789. The maximum Gasteiger partial charge on any atom is 0.271 e. The zero-order chi connectivity index (χ0) is 18.6. The molecule has 0 aliphatic carbocycles. The van der Waals surface area contributed by atoms with Gasteiger partial charge in [0.2, 0.25) is 0 Å². The summed E-state index contributed by atoms with van der Waals surface area (Å²) >= 11 is 5.86. The molecule has 2 aromatic carbocycles. The molecule has 1 amide bonds. The van der Waals surface area contributed by atoms with E-state index in [0.29, 0.717) is 11.3 Å². The van der Waals surface area contributed by atoms with Gasteiger partial charge in [0.25, 0.3) is 17.3 Å². The average molecular weight is 366 g/mol. The van der Waals surface area contributed by atoms with Gasteiger partial charge in [-0.3, -0.25) is 25.0 Å². The van der Waals surface area contributed by atoms with Crippen LogP contribution >= 0.6 is 11.6 Å². The second-order valence-electron chi connectivity index (χ2n) is 4.97. The van der Waals surface area contributed by atoms with E-state index in [1.165, 1.54) is 30.3 Å². The van der Waals surface area contributed by atoms with Gasteiger partial charge in [-0.15, -0.1) is 0 Å². The third-order valence-corrected chi connectivity index (χ3v) is 3.48. The largest absolute Gasteiger partial charge is 0.482 e. The second-order valence-corrected chi connectivity index (χ2v) is 5.37. The Labute approximate surface area is 146 Å². The summed E-state index contributed by atoms with van der Waals surface area (Å²) in [5, 5.41) is 23.9. The molecule has 0 saturated heterocycles. The van der Waals surface area contributed by atoms with Gasteiger partial charge in [0, 0.05) is 30.0 Å². The van der Waals surface area contributed by atoms with Crippen LogP contribution < -0.4 is 10.1 Å². The van der Waals surface area contributed by atoms with Crippen LogP contribution in [0.25, 0.3) is 0 Å². The van der Waals surface area contributed by atoms with Gasteiger partial charge in [0.05, 0.1) is 14.9 Å². The van der Waals surface area contributed by atoms with E-state index >= 15 is 0 Å². The molecule has 10 heteroatoms. The van der Waals surface area contributed by atoms with E-state index in [-0.39, 0.29) is 28.8 Å². The first-order valence-electron chi connectivity index (χ1n) is 6.89. The fourth-order valence-corrected chi connectivity index (χ4v) is 2.18. The summed E-state index contributed by atoms with van der Waals surface area (Å²) in [6.07, 6.45) is 0. The predicted molar refractivity (Wildman–Crippen MR) is 90.1 cm³/mol. The van der Waals surface area contributed by atoms with Crippen LogP contribution in [0.5, 0.6) is 5.75 Å². The lowest BCUT2D eigenvalue weighted by atomic mass is 10.2. The third-order valence-electron chi connectivity index (χ3n) is 3.18. The number of hydrogen-bond donors (Lipinski definition) is 1. The summed E-state index contributed by atoms with van der Waals surface area (Å²) in [7, 11) is 0. The zero-order valence-electron chi connectivity index (χ0n) is 12.9. The number of nitrogens with zero attached hydrogens (tertiary/aromatic N) is 2. The molecule has 0 aliphatic heterocycles. The number of hydrogen-bond acceptors (Lipinski definition) is 6. The Morgan fingerprint density at radius 3 is 2.28 bits per heavy atom. The van der Waals surface area contributed by atoms with Crippen molar-refractivity contribution in [3.05, 3.63) is 67.2 Å². The Morgan fingerprint density at radius 2 is 1.72 bits per heavy atom. The Morgan fingerprint density at radius 1 is 1.12 bits per heavy atom. The highest BCUT2D eigenvalue weighted by Crippen LogP contribution is 2.28.